The van der Waals surface area contributed by atoms with Crippen molar-refractivity contribution in [2.45, 2.75) is 49.9 Å². The number of nitrogens with one attached hydrogen (secondary N) is 1. The van der Waals surface area contributed by atoms with Crippen LogP contribution in [0.3, 0.4) is 0 Å². The first-order valence-corrected chi connectivity index (χ1v) is 10.0. The van der Waals surface area contributed by atoms with Gasteiger partial charge in [0.15, 0.2) is 6.61 Å². The summed E-state index contributed by atoms with van der Waals surface area (Å²) in [4.78, 5) is 24.7. The number of esters is 1. The second-order valence-corrected chi connectivity index (χ2v) is 9.40. The molecule has 0 heterocycles. The van der Waals surface area contributed by atoms with E-state index >= 15 is 0 Å². The van der Waals surface area contributed by atoms with Crippen LogP contribution in [-0.4, -0.2) is 30.5 Å². The van der Waals surface area contributed by atoms with Gasteiger partial charge >= 0.3 is 5.97 Å². The first-order valence-electron chi connectivity index (χ1n) is 9.66. The fraction of sp³-hybridized carbons (Fsp3) is 0.619. The monoisotopic (exact) mass is 391 g/mol. The Balaban J connectivity index is 1.29. The SMILES string of the molecule is COc1cccc(CNC(=O)COC(=O)C23C[C@H]4C[C@@H](CC(Cl)(C4)C2)C3)c1. The maximum absolute atomic E-state index is 12.8. The van der Waals surface area contributed by atoms with Gasteiger partial charge in [-0.15, -0.1) is 11.6 Å². The van der Waals surface area contributed by atoms with E-state index < -0.39 is 5.41 Å². The van der Waals surface area contributed by atoms with E-state index in [1.54, 1.807) is 7.11 Å². The van der Waals surface area contributed by atoms with Gasteiger partial charge in [-0.25, -0.2) is 0 Å². The van der Waals surface area contributed by atoms with Crippen molar-refractivity contribution in [2.75, 3.05) is 13.7 Å². The van der Waals surface area contributed by atoms with E-state index in [-0.39, 0.29) is 23.4 Å². The lowest BCUT2D eigenvalue weighted by atomic mass is 9.49. The molecule has 146 valence electrons. The average molecular weight is 392 g/mol. The summed E-state index contributed by atoms with van der Waals surface area (Å²) in [6, 6.07) is 7.49. The second-order valence-electron chi connectivity index (χ2n) is 8.60. The Morgan fingerprint density at radius 1 is 1.22 bits per heavy atom. The first kappa shape index (κ1) is 18.6. The molecular weight excluding hydrogens is 366 g/mol. The Morgan fingerprint density at radius 3 is 2.63 bits per heavy atom. The van der Waals surface area contributed by atoms with Gasteiger partial charge in [-0.2, -0.15) is 0 Å². The second kappa shape index (κ2) is 7.01. The predicted molar refractivity (Wildman–Crippen MR) is 101 cm³/mol. The van der Waals surface area contributed by atoms with E-state index in [9.17, 15) is 9.59 Å². The van der Waals surface area contributed by atoms with E-state index in [1.165, 1.54) is 6.42 Å². The smallest absolute Gasteiger partial charge is 0.312 e. The minimum atomic E-state index is -0.473. The lowest BCUT2D eigenvalue weighted by Crippen LogP contribution is -2.56. The molecule has 5 rings (SSSR count). The topological polar surface area (TPSA) is 64.6 Å². The molecule has 0 saturated heterocycles. The van der Waals surface area contributed by atoms with E-state index in [0.29, 0.717) is 24.8 Å². The number of amides is 1. The standard InChI is InChI=1S/C21H26ClNO4/c1-26-17-4-2-3-14(6-17)11-23-18(24)12-27-19(25)20-7-15-5-16(8-20)10-21(22,9-15)13-20/h2-4,6,15-16H,5,7-13H2,1H3,(H,23,24)/t15-,16-,20?,21?/m1/s1. The van der Waals surface area contributed by atoms with Crippen molar-refractivity contribution in [1.29, 1.82) is 0 Å². The lowest BCUT2D eigenvalue weighted by Gasteiger charge is -2.58. The van der Waals surface area contributed by atoms with E-state index in [2.05, 4.69) is 5.32 Å². The zero-order valence-electron chi connectivity index (χ0n) is 15.6. The Kier molecular flexibility index (Phi) is 4.83. The van der Waals surface area contributed by atoms with Crippen LogP contribution in [0.1, 0.15) is 44.1 Å². The first-order chi connectivity index (χ1) is 12.9. The number of methoxy groups -OCH3 is 1. The van der Waals surface area contributed by atoms with Crippen LogP contribution >= 0.6 is 11.6 Å². The van der Waals surface area contributed by atoms with Crippen molar-refractivity contribution in [2.24, 2.45) is 17.3 Å². The molecule has 27 heavy (non-hydrogen) atoms. The molecule has 6 heteroatoms. The molecule has 0 unspecified atom stereocenters. The van der Waals surface area contributed by atoms with Gasteiger partial charge in [0.2, 0.25) is 0 Å². The van der Waals surface area contributed by atoms with Crippen molar-refractivity contribution < 1.29 is 19.1 Å². The number of carbonyl (C=O) groups excluding carboxylic acids is 2. The Bertz CT molecular complexity index is 735. The molecule has 5 nitrogen and oxygen atoms in total. The molecule has 0 aromatic heterocycles. The quantitative estimate of drug-likeness (QED) is 0.596. The van der Waals surface area contributed by atoms with Crippen molar-refractivity contribution in [1.82, 2.24) is 5.32 Å². The summed E-state index contributed by atoms with van der Waals surface area (Å²) < 4.78 is 10.6. The fourth-order valence-electron chi connectivity index (χ4n) is 5.71. The molecule has 1 N–H and O–H groups in total. The molecule has 0 spiro atoms. The number of carbonyl (C=O) groups is 2. The fourth-order valence-corrected chi connectivity index (χ4v) is 6.40. The molecule has 2 atom stereocenters. The van der Waals surface area contributed by atoms with Crippen LogP contribution in [0.4, 0.5) is 0 Å². The summed E-state index contributed by atoms with van der Waals surface area (Å²) in [5.41, 5.74) is 0.457. The molecule has 4 aliphatic carbocycles. The van der Waals surface area contributed by atoms with Gasteiger partial charge in [0.05, 0.1) is 12.5 Å². The van der Waals surface area contributed by atoms with Crippen LogP contribution in [-0.2, 0) is 20.9 Å². The Labute approximate surface area is 164 Å². The van der Waals surface area contributed by atoms with Crippen LogP contribution in [0.25, 0.3) is 0 Å². The zero-order valence-corrected chi connectivity index (χ0v) is 16.4. The van der Waals surface area contributed by atoms with Crippen molar-refractivity contribution >= 4 is 23.5 Å². The minimum Gasteiger partial charge on any atom is -0.497 e. The Morgan fingerprint density at radius 2 is 1.96 bits per heavy atom. The normalized spacial score (nSPS) is 33.6. The van der Waals surface area contributed by atoms with Crippen LogP contribution in [0.5, 0.6) is 5.75 Å². The summed E-state index contributed by atoms with van der Waals surface area (Å²) in [5.74, 6) is 1.26. The summed E-state index contributed by atoms with van der Waals surface area (Å²) in [6.07, 6.45) is 5.63. The van der Waals surface area contributed by atoms with Crippen LogP contribution < -0.4 is 10.1 Å². The molecule has 4 bridgehead atoms. The largest absolute Gasteiger partial charge is 0.497 e. The number of hydrogen-bond acceptors (Lipinski definition) is 4. The third-order valence-corrected chi connectivity index (χ3v) is 6.82. The number of rotatable bonds is 6. The molecule has 4 fully saturated rings. The van der Waals surface area contributed by atoms with Crippen LogP contribution in [0.15, 0.2) is 24.3 Å². The van der Waals surface area contributed by atoms with Crippen molar-refractivity contribution in [3.63, 3.8) is 0 Å². The molecule has 0 aliphatic heterocycles. The summed E-state index contributed by atoms with van der Waals surface area (Å²) in [5, 5.41) is 2.79. The Hall–Kier alpha value is -1.75. The highest BCUT2D eigenvalue weighted by Gasteiger charge is 2.60. The van der Waals surface area contributed by atoms with Gasteiger partial charge in [0.1, 0.15) is 5.75 Å². The van der Waals surface area contributed by atoms with Gasteiger partial charge in [0, 0.05) is 11.4 Å². The number of alkyl halides is 1. The van der Waals surface area contributed by atoms with E-state index in [1.807, 2.05) is 24.3 Å². The van der Waals surface area contributed by atoms with Gasteiger partial charge in [-0.05, 0) is 68.1 Å². The molecule has 1 aromatic carbocycles. The number of hydrogen-bond donors (Lipinski definition) is 1. The third kappa shape index (κ3) is 3.79. The number of benzene rings is 1. The summed E-state index contributed by atoms with van der Waals surface area (Å²) >= 11 is 6.77. The lowest BCUT2D eigenvalue weighted by molar-refractivity contribution is -0.171. The van der Waals surface area contributed by atoms with Crippen LogP contribution in [0.2, 0.25) is 0 Å². The maximum Gasteiger partial charge on any atom is 0.312 e. The molecule has 1 aromatic rings. The highest BCUT2D eigenvalue weighted by Crippen LogP contribution is 2.64. The minimum absolute atomic E-state index is 0.238. The van der Waals surface area contributed by atoms with Gasteiger partial charge in [-0.3, -0.25) is 9.59 Å². The van der Waals surface area contributed by atoms with Gasteiger partial charge in [-0.1, -0.05) is 12.1 Å². The third-order valence-electron chi connectivity index (χ3n) is 6.38. The molecule has 4 saturated carbocycles. The summed E-state index contributed by atoms with van der Waals surface area (Å²) in [6.45, 7) is 0.128. The van der Waals surface area contributed by atoms with E-state index in [4.69, 9.17) is 21.1 Å². The average Bonchev–Trinajstić information content (AvgIpc) is 2.62. The summed E-state index contributed by atoms with van der Waals surface area (Å²) in [7, 11) is 1.60. The highest BCUT2D eigenvalue weighted by atomic mass is 35.5. The van der Waals surface area contributed by atoms with Crippen molar-refractivity contribution in [3.05, 3.63) is 29.8 Å². The molecule has 1 amide bonds. The van der Waals surface area contributed by atoms with Crippen LogP contribution in [0, 0.1) is 17.3 Å². The van der Waals surface area contributed by atoms with Gasteiger partial charge in [0.25, 0.3) is 5.91 Å². The van der Waals surface area contributed by atoms with Gasteiger partial charge < -0.3 is 14.8 Å². The molecule has 4 aliphatic rings. The maximum atomic E-state index is 12.8. The van der Waals surface area contributed by atoms with Crippen molar-refractivity contribution in [3.8, 4) is 5.75 Å². The number of ether oxygens (including phenoxy) is 2. The highest BCUT2D eigenvalue weighted by molar-refractivity contribution is 6.24. The zero-order chi connectivity index (χ0) is 19.1. The molecular formula is C21H26ClNO4. The van der Waals surface area contributed by atoms with E-state index in [0.717, 1.165) is 37.0 Å². The number of halogens is 1. The predicted octanol–water partition coefficient (Wildman–Crippen LogP) is 3.43. The molecule has 0 radical (unpaired) electrons.